The van der Waals surface area contributed by atoms with Gasteiger partial charge in [0.25, 0.3) is 5.91 Å². The van der Waals surface area contributed by atoms with Gasteiger partial charge in [0.2, 0.25) is 0 Å². The third-order valence-electron chi connectivity index (χ3n) is 3.49. The summed E-state index contributed by atoms with van der Waals surface area (Å²) in [5.74, 6) is 0.165. The Balaban J connectivity index is 1.79. The van der Waals surface area contributed by atoms with Gasteiger partial charge >= 0.3 is 0 Å². The number of aryl methyl sites for hydroxylation is 1. The fourth-order valence-electron chi connectivity index (χ4n) is 2.28. The van der Waals surface area contributed by atoms with E-state index in [-0.39, 0.29) is 5.91 Å². The topological polar surface area (TPSA) is 73.0 Å². The number of hydrogen-bond acceptors (Lipinski definition) is 4. The molecule has 7 heteroatoms. The molecule has 0 aliphatic heterocycles. The lowest BCUT2D eigenvalue weighted by atomic mass is 10.1. The smallest absolute Gasteiger partial charge is 0.256 e. The minimum Gasteiger partial charge on any atom is -0.363 e. The summed E-state index contributed by atoms with van der Waals surface area (Å²) in [5.41, 5.74) is 3.56. The molecule has 3 rings (SSSR count). The second-order valence-electron chi connectivity index (χ2n) is 5.18. The van der Waals surface area contributed by atoms with Crippen molar-refractivity contribution >= 4 is 27.7 Å². The van der Waals surface area contributed by atoms with Crippen molar-refractivity contribution in [3.63, 3.8) is 0 Å². The lowest BCUT2D eigenvalue weighted by Gasteiger charge is -2.07. The molecule has 0 spiro atoms. The first kappa shape index (κ1) is 15.5. The van der Waals surface area contributed by atoms with E-state index < -0.39 is 0 Å². The zero-order valence-electron chi connectivity index (χ0n) is 12.7. The Morgan fingerprint density at radius 1 is 1.35 bits per heavy atom. The van der Waals surface area contributed by atoms with E-state index in [2.05, 4.69) is 31.5 Å². The van der Waals surface area contributed by atoms with Crippen LogP contribution in [0.3, 0.4) is 0 Å². The number of amides is 1. The maximum atomic E-state index is 12.2. The first-order chi connectivity index (χ1) is 11.0. The average molecular weight is 375 g/mol. The van der Waals surface area contributed by atoms with Gasteiger partial charge < -0.3 is 9.84 Å². The van der Waals surface area contributed by atoms with Gasteiger partial charge in [-0.05, 0) is 47.5 Å². The Labute approximate surface area is 141 Å². The van der Waals surface area contributed by atoms with Gasteiger partial charge in [-0.25, -0.2) is 0 Å². The normalized spacial score (nSPS) is 10.7. The number of benzene rings is 1. The van der Waals surface area contributed by atoms with Crippen molar-refractivity contribution in [2.75, 3.05) is 5.32 Å². The molecular weight excluding hydrogens is 360 g/mol. The van der Waals surface area contributed by atoms with Crippen LogP contribution in [-0.2, 0) is 6.54 Å². The van der Waals surface area contributed by atoms with Crippen LogP contribution < -0.4 is 5.32 Å². The Kier molecular flexibility index (Phi) is 4.29. The van der Waals surface area contributed by atoms with E-state index in [1.807, 2.05) is 36.7 Å². The second kappa shape index (κ2) is 6.37. The number of nitrogens with zero attached hydrogens (tertiary/aromatic N) is 3. The third-order valence-corrected chi connectivity index (χ3v) is 4.64. The molecule has 0 fully saturated rings. The van der Waals surface area contributed by atoms with Crippen LogP contribution in [0, 0.1) is 13.8 Å². The minimum absolute atomic E-state index is 0.227. The van der Waals surface area contributed by atoms with Crippen LogP contribution in [0.5, 0.6) is 0 Å². The van der Waals surface area contributed by atoms with Crippen LogP contribution in [0.4, 0.5) is 5.82 Å². The highest BCUT2D eigenvalue weighted by molar-refractivity contribution is 9.10. The van der Waals surface area contributed by atoms with Crippen molar-refractivity contribution in [2.45, 2.75) is 20.4 Å². The number of carbonyl (C=O) groups excluding carboxylic acids is 1. The molecule has 0 aliphatic rings. The first-order valence-corrected chi connectivity index (χ1v) is 7.84. The van der Waals surface area contributed by atoms with Crippen molar-refractivity contribution in [3.05, 3.63) is 63.6 Å². The zero-order chi connectivity index (χ0) is 16.4. The maximum Gasteiger partial charge on any atom is 0.256 e. The highest BCUT2D eigenvalue weighted by Gasteiger charge is 2.11. The van der Waals surface area contributed by atoms with E-state index in [1.165, 1.54) is 6.26 Å². The fourth-order valence-corrected chi connectivity index (χ4v) is 2.56. The van der Waals surface area contributed by atoms with E-state index in [0.29, 0.717) is 17.9 Å². The molecule has 0 unspecified atom stereocenters. The summed E-state index contributed by atoms with van der Waals surface area (Å²) in [6.45, 7) is 4.56. The molecule has 1 aromatic carbocycles. The summed E-state index contributed by atoms with van der Waals surface area (Å²) >= 11 is 3.52. The fraction of sp³-hybridized carbons (Fsp3) is 0.188. The second-order valence-corrected chi connectivity index (χ2v) is 5.97. The Bertz CT molecular complexity index is 840. The summed E-state index contributed by atoms with van der Waals surface area (Å²) in [6.07, 6.45) is 1.41. The van der Waals surface area contributed by atoms with Gasteiger partial charge in [0.05, 0.1) is 22.4 Å². The molecule has 1 N–H and O–H groups in total. The summed E-state index contributed by atoms with van der Waals surface area (Å²) in [5, 5.41) is 10.8. The van der Waals surface area contributed by atoms with Crippen molar-refractivity contribution in [1.82, 2.24) is 14.9 Å². The molecule has 1 amide bonds. The lowest BCUT2D eigenvalue weighted by molar-refractivity contribution is 0.102. The van der Waals surface area contributed by atoms with Gasteiger partial charge in [0.1, 0.15) is 6.26 Å². The number of anilines is 1. The van der Waals surface area contributed by atoms with E-state index in [1.54, 1.807) is 12.1 Å². The monoisotopic (exact) mass is 374 g/mol. The number of nitrogens with one attached hydrogen (secondary N) is 1. The van der Waals surface area contributed by atoms with Gasteiger partial charge in [0, 0.05) is 11.6 Å². The number of carbonyl (C=O) groups is 1. The highest BCUT2D eigenvalue weighted by Crippen LogP contribution is 2.21. The average Bonchev–Trinajstić information content (AvgIpc) is 3.13. The maximum absolute atomic E-state index is 12.2. The molecule has 2 aromatic heterocycles. The quantitative estimate of drug-likeness (QED) is 0.757. The molecule has 0 radical (unpaired) electrons. The van der Waals surface area contributed by atoms with Crippen LogP contribution in [0.2, 0.25) is 0 Å². The van der Waals surface area contributed by atoms with Gasteiger partial charge in [-0.3, -0.25) is 9.48 Å². The van der Waals surface area contributed by atoms with Crippen LogP contribution in [0.25, 0.3) is 0 Å². The molecule has 0 bridgehead atoms. The molecule has 6 nitrogen and oxygen atoms in total. The van der Waals surface area contributed by atoms with Gasteiger partial charge in [0.15, 0.2) is 5.82 Å². The van der Waals surface area contributed by atoms with Crippen LogP contribution in [0.1, 0.15) is 27.3 Å². The summed E-state index contributed by atoms with van der Waals surface area (Å²) in [7, 11) is 0. The molecular formula is C16H15BrN4O2. The Hall–Kier alpha value is -2.41. The molecule has 0 aliphatic carbocycles. The minimum atomic E-state index is -0.227. The third kappa shape index (κ3) is 3.34. The number of rotatable bonds is 4. The SMILES string of the molecule is Cc1nn(Cc2cccc(C(=O)Nc3ccon3)c2)c(C)c1Br. The summed E-state index contributed by atoms with van der Waals surface area (Å²) < 4.78 is 7.62. The number of aromatic nitrogens is 3. The standard InChI is InChI=1S/C16H15BrN4O2/c1-10-15(17)11(2)21(19-10)9-12-4-3-5-13(8-12)16(22)18-14-6-7-23-20-14/h3-8H,9H2,1-2H3,(H,18,20,22). The van der Waals surface area contributed by atoms with E-state index in [0.717, 1.165) is 21.4 Å². The van der Waals surface area contributed by atoms with E-state index in [9.17, 15) is 4.79 Å². The van der Waals surface area contributed by atoms with Crippen molar-refractivity contribution in [1.29, 1.82) is 0 Å². The highest BCUT2D eigenvalue weighted by atomic mass is 79.9. The van der Waals surface area contributed by atoms with Crippen molar-refractivity contribution in [2.24, 2.45) is 0 Å². The Morgan fingerprint density at radius 2 is 2.17 bits per heavy atom. The van der Waals surface area contributed by atoms with Gasteiger partial charge in [-0.1, -0.05) is 17.3 Å². The first-order valence-electron chi connectivity index (χ1n) is 7.05. The number of halogens is 1. The van der Waals surface area contributed by atoms with E-state index in [4.69, 9.17) is 4.52 Å². The van der Waals surface area contributed by atoms with E-state index >= 15 is 0 Å². The number of hydrogen-bond donors (Lipinski definition) is 1. The molecule has 0 saturated carbocycles. The molecule has 2 heterocycles. The molecule has 3 aromatic rings. The lowest BCUT2D eigenvalue weighted by Crippen LogP contribution is -2.13. The van der Waals surface area contributed by atoms with Crippen LogP contribution >= 0.6 is 15.9 Å². The molecule has 23 heavy (non-hydrogen) atoms. The molecule has 118 valence electrons. The van der Waals surface area contributed by atoms with Gasteiger partial charge in [-0.15, -0.1) is 0 Å². The summed E-state index contributed by atoms with van der Waals surface area (Å²) in [6, 6.07) is 9.02. The molecule has 0 atom stereocenters. The van der Waals surface area contributed by atoms with Crippen molar-refractivity contribution < 1.29 is 9.32 Å². The predicted molar refractivity (Wildman–Crippen MR) is 89.4 cm³/mol. The van der Waals surface area contributed by atoms with Crippen LogP contribution in [0.15, 0.2) is 45.6 Å². The Morgan fingerprint density at radius 3 is 2.83 bits per heavy atom. The predicted octanol–water partition coefficient (Wildman–Crippen LogP) is 3.55. The largest absolute Gasteiger partial charge is 0.363 e. The van der Waals surface area contributed by atoms with Crippen molar-refractivity contribution in [3.8, 4) is 0 Å². The molecule has 0 saturated heterocycles. The van der Waals surface area contributed by atoms with Crippen LogP contribution in [-0.4, -0.2) is 20.8 Å². The summed E-state index contributed by atoms with van der Waals surface area (Å²) in [4.78, 5) is 12.2. The van der Waals surface area contributed by atoms with Gasteiger partial charge in [-0.2, -0.15) is 5.10 Å². The zero-order valence-corrected chi connectivity index (χ0v) is 14.3.